The third kappa shape index (κ3) is 4.77. The summed E-state index contributed by atoms with van der Waals surface area (Å²) in [6.07, 6.45) is 1.40. The molecule has 0 amide bonds. The summed E-state index contributed by atoms with van der Waals surface area (Å²) in [7, 11) is 0. The number of rotatable bonds is 7. The summed E-state index contributed by atoms with van der Waals surface area (Å²) >= 11 is 13.5. The van der Waals surface area contributed by atoms with Crippen molar-refractivity contribution >= 4 is 51.8 Å². The molecule has 0 fully saturated rings. The molecule has 0 aliphatic heterocycles. The van der Waals surface area contributed by atoms with Crippen LogP contribution in [-0.4, -0.2) is 27.4 Å². The molecule has 0 unspecified atom stereocenters. The minimum absolute atomic E-state index is 0.240. The lowest BCUT2D eigenvalue weighted by atomic mass is 10.2. The first kappa shape index (κ1) is 21.7. The van der Waals surface area contributed by atoms with Crippen LogP contribution in [0.25, 0.3) is 16.6 Å². The predicted molar refractivity (Wildman–Crippen MR) is 119 cm³/mol. The van der Waals surface area contributed by atoms with Gasteiger partial charge < -0.3 is 4.74 Å². The Labute approximate surface area is 183 Å². The Hall–Kier alpha value is -2.02. The van der Waals surface area contributed by atoms with E-state index in [4.69, 9.17) is 27.9 Å². The van der Waals surface area contributed by atoms with Gasteiger partial charge in [-0.1, -0.05) is 60.4 Å². The predicted octanol–water partition coefficient (Wildman–Crippen LogP) is 5.52. The smallest absolute Gasteiger partial charge is 0.319 e. The molecule has 0 aliphatic carbocycles. The number of para-hydroxylation sites is 1. The number of hydrogen-bond acceptors (Lipinski definition) is 5. The van der Waals surface area contributed by atoms with Crippen LogP contribution in [0, 0.1) is 0 Å². The summed E-state index contributed by atoms with van der Waals surface area (Å²) in [4.78, 5) is 30.4. The van der Waals surface area contributed by atoms with Crippen LogP contribution in [-0.2, 0) is 9.53 Å². The zero-order chi connectivity index (χ0) is 21.0. The second kappa shape index (κ2) is 9.65. The summed E-state index contributed by atoms with van der Waals surface area (Å²) < 4.78 is 6.68. The molecule has 0 bridgehead atoms. The first-order chi connectivity index (χ1) is 14.0. The molecule has 0 saturated heterocycles. The molecule has 8 heteroatoms. The van der Waals surface area contributed by atoms with Gasteiger partial charge in [-0.2, -0.15) is 0 Å². The normalized spacial score (nSPS) is 12.1. The van der Waals surface area contributed by atoms with E-state index in [-0.39, 0.29) is 11.5 Å². The number of halogens is 2. The number of hydrogen-bond donors (Lipinski definition) is 0. The minimum Gasteiger partial charge on any atom is -0.465 e. The highest BCUT2D eigenvalue weighted by atomic mass is 35.5. The molecule has 1 heterocycles. The number of carbonyl (C=O) groups is 1. The molecule has 0 radical (unpaired) electrons. The molecule has 0 spiro atoms. The van der Waals surface area contributed by atoms with Gasteiger partial charge in [0, 0.05) is 0 Å². The fraction of sp³-hybridized carbons (Fsp3) is 0.286. The van der Waals surface area contributed by atoms with E-state index >= 15 is 0 Å². The van der Waals surface area contributed by atoms with Gasteiger partial charge in [0.2, 0.25) is 0 Å². The molecular formula is C21H20Cl2N2O3S. The number of thioether (sulfide) groups is 1. The number of benzene rings is 2. The largest absolute Gasteiger partial charge is 0.465 e. The van der Waals surface area contributed by atoms with Gasteiger partial charge in [-0.05, 0) is 43.7 Å². The van der Waals surface area contributed by atoms with Crippen LogP contribution in [0.1, 0.15) is 26.7 Å². The van der Waals surface area contributed by atoms with Gasteiger partial charge >= 0.3 is 5.97 Å². The van der Waals surface area contributed by atoms with E-state index in [1.54, 1.807) is 43.3 Å². The van der Waals surface area contributed by atoms with Crippen molar-refractivity contribution in [3.63, 3.8) is 0 Å². The van der Waals surface area contributed by atoms with E-state index in [0.29, 0.717) is 44.8 Å². The van der Waals surface area contributed by atoms with Gasteiger partial charge in [-0.15, -0.1) is 0 Å². The highest BCUT2D eigenvalue weighted by Crippen LogP contribution is 2.30. The number of nitrogens with zero attached hydrogens (tertiary/aromatic N) is 2. The van der Waals surface area contributed by atoms with Crippen molar-refractivity contribution in [1.29, 1.82) is 0 Å². The van der Waals surface area contributed by atoms with E-state index in [9.17, 15) is 9.59 Å². The highest BCUT2D eigenvalue weighted by Gasteiger charge is 2.24. The van der Waals surface area contributed by atoms with Crippen molar-refractivity contribution in [1.82, 2.24) is 9.55 Å². The first-order valence-electron chi connectivity index (χ1n) is 9.26. The Morgan fingerprint density at radius 3 is 2.62 bits per heavy atom. The van der Waals surface area contributed by atoms with Gasteiger partial charge in [0.15, 0.2) is 5.16 Å². The third-order valence-electron chi connectivity index (χ3n) is 4.25. The summed E-state index contributed by atoms with van der Waals surface area (Å²) in [6, 6.07) is 12.1. The Morgan fingerprint density at radius 2 is 1.93 bits per heavy atom. The van der Waals surface area contributed by atoms with Crippen molar-refractivity contribution < 1.29 is 9.53 Å². The maximum absolute atomic E-state index is 13.3. The van der Waals surface area contributed by atoms with E-state index in [2.05, 4.69) is 4.98 Å². The van der Waals surface area contributed by atoms with Crippen LogP contribution in [0.15, 0.2) is 52.4 Å². The Balaban J connectivity index is 2.19. The summed E-state index contributed by atoms with van der Waals surface area (Å²) in [5.74, 6) is -0.317. The van der Waals surface area contributed by atoms with Gasteiger partial charge in [-0.3, -0.25) is 14.2 Å². The molecule has 0 aliphatic rings. The summed E-state index contributed by atoms with van der Waals surface area (Å²) in [5, 5.41) is 1.13. The maximum atomic E-state index is 13.3. The van der Waals surface area contributed by atoms with Crippen LogP contribution in [0.3, 0.4) is 0 Å². The number of fused-ring (bicyclic) bond motifs is 1. The van der Waals surface area contributed by atoms with Gasteiger partial charge in [0.1, 0.15) is 5.25 Å². The van der Waals surface area contributed by atoms with Gasteiger partial charge in [0.25, 0.3) is 5.56 Å². The summed E-state index contributed by atoms with van der Waals surface area (Å²) in [6.45, 7) is 4.06. The van der Waals surface area contributed by atoms with Gasteiger partial charge in [-0.25, -0.2) is 4.98 Å². The lowest BCUT2D eigenvalue weighted by Crippen LogP contribution is -2.25. The average Bonchev–Trinajstić information content (AvgIpc) is 2.70. The summed E-state index contributed by atoms with van der Waals surface area (Å²) in [5.41, 5.74) is 0.857. The zero-order valence-corrected chi connectivity index (χ0v) is 18.4. The molecule has 3 aromatic rings. The van der Waals surface area contributed by atoms with E-state index in [1.165, 1.54) is 16.3 Å². The highest BCUT2D eigenvalue weighted by molar-refractivity contribution is 8.00. The number of esters is 1. The SMILES string of the molecule is CCC[C@H](Sc1nc2ccccc2c(=O)n1-c1ccc(Cl)c(Cl)c1)C(=O)OCC. The number of ether oxygens (including phenoxy) is 1. The van der Waals surface area contributed by atoms with Crippen molar-refractivity contribution in [3.8, 4) is 5.69 Å². The molecule has 29 heavy (non-hydrogen) atoms. The zero-order valence-electron chi connectivity index (χ0n) is 16.0. The molecule has 0 saturated carbocycles. The fourth-order valence-corrected chi connectivity index (χ4v) is 4.40. The molecule has 0 N–H and O–H groups in total. The molecule has 1 atom stereocenters. The number of aromatic nitrogens is 2. The maximum Gasteiger partial charge on any atom is 0.319 e. The van der Waals surface area contributed by atoms with Crippen molar-refractivity contribution in [2.24, 2.45) is 0 Å². The number of carbonyl (C=O) groups excluding carboxylic acids is 1. The van der Waals surface area contributed by atoms with Gasteiger partial charge in [0.05, 0.1) is 33.2 Å². The Morgan fingerprint density at radius 1 is 1.17 bits per heavy atom. The van der Waals surface area contributed by atoms with Crippen LogP contribution < -0.4 is 5.56 Å². The topological polar surface area (TPSA) is 61.2 Å². The van der Waals surface area contributed by atoms with E-state index in [1.807, 2.05) is 13.0 Å². The molecule has 2 aromatic carbocycles. The quantitative estimate of drug-likeness (QED) is 0.269. The van der Waals surface area contributed by atoms with Crippen molar-refractivity contribution in [2.75, 3.05) is 6.61 Å². The fourth-order valence-electron chi connectivity index (χ4n) is 2.89. The van der Waals surface area contributed by atoms with Crippen molar-refractivity contribution in [2.45, 2.75) is 37.1 Å². The van der Waals surface area contributed by atoms with E-state index in [0.717, 1.165) is 6.42 Å². The standard InChI is InChI=1S/C21H20Cl2N2O3S/c1-3-7-18(20(27)28-4-2)29-21-24-17-9-6-5-8-14(17)19(26)25(21)13-10-11-15(22)16(23)12-13/h5-6,8-12,18H,3-4,7H2,1-2H3/t18-/m0/s1. The lowest BCUT2D eigenvalue weighted by Gasteiger charge is -2.18. The Kier molecular flexibility index (Phi) is 7.22. The lowest BCUT2D eigenvalue weighted by molar-refractivity contribution is -0.142. The van der Waals surface area contributed by atoms with Crippen LogP contribution >= 0.6 is 35.0 Å². The monoisotopic (exact) mass is 450 g/mol. The van der Waals surface area contributed by atoms with E-state index < -0.39 is 5.25 Å². The van der Waals surface area contributed by atoms with Crippen molar-refractivity contribution in [3.05, 3.63) is 62.9 Å². The molecule has 3 rings (SSSR count). The second-order valence-electron chi connectivity index (χ2n) is 6.30. The second-order valence-corrected chi connectivity index (χ2v) is 8.28. The molecule has 5 nitrogen and oxygen atoms in total. The molecule has 1 aromatic heterocycles. The minimum atomic E-state index is -0.470. The molecule has 152 valence electrons. The van der Waals surface area contributed by atoms with Crippen LogP contribution in [0.4, 0.5) is 0 Å². The first-order valence-corrected chi connectivity index (χ1v) is 10.9. The third-order valence-corrected chi connectivity index (χ3v) is 6.19. The van der Waals surface area contributed by atoms with Crippen LogP contribution in [0.5, 0.6) is 0 Å². The Bertz CT molecular complexity index is 1100. The molecular weight excluding hydrogens is 431 g/mol. The average molecular weight is 451 g/mol. The van der Waals surface area contributed by atoms with Crippen LogP contribution in [0.2, 0.25) is 10.0 Å².